The van der Waals surface area contributed by atoms with Gasteiger partial charge in [-0.2, -0.15) is 4.98 Å². The fraction of sp³-hybridized carbons (Fsp3) is 0.462. The highest BCUT2D eigenvalue weighted by Crippen LogP contribution is 2.36. The molecule has 0 radical (unpaired) electrons. The Hall–Kier alpha value is -1.74. The first-order valence-corrected chi connectivity index (χ1v) is 8.53. The maximum Gasteiger partial charge on any atom is 0.277 e. The molecule has 0 N–H and O–H groups in total. The highest BCUT2D eigenvalue weighted by Gasteiger charge is 2.20. The Morgan fingerprint density at radius 3 is 2.68 bits per heavy atom. The predicted molar refractivity (Wildman–Crippen MR) is 82.8 cm³/mol. The number of rotatable bonds is 5. The SMILES string of the molecule is CCc1noc(C(C)Sc2nnc(-c3sc(C)nc3C)o2)n1. The summed E-state index contributed by atoms with van der Waals surface area (Å²) >= 11 is 2.94. The van der Waals surface area contributed by atoms with Crippen LogP contribution in [0.3, 0.4) is 0 Å². The summed E-state index contributed by atoms with van der Waals surface area (Å²) in [7, 11) is 0. The van der Waals surface area contributed by atoms with Crippen molar-refractivity contribution in [1.82, 2.24) is 25.3 Å². The van der Waals surface area contributed by atoms with Gasteiger partial charge in [-0.3, -0.25) is 0 Å². The molecule has 0 fully saturated rings. The van der Waals surface area contributed by atoms with E-state index in [2.05, 4.69) is 25.3 Å². The Kier molecular flexibility index (Phi) is 4.25. The lowest BCUT2D eigenvalue weighted by Crippen LogP contribution is -1.90. The van der Waals surface area contributed by atoms with Crippen molar-refractivity contribution in [2.75, 3.05) is 0 Å². The lowest BCUT2D eigenvalue weighted by molar-refractivity contribution is 0.374. The molecule has 3 heterocycles. The van der Waals surface area contributed by atoms with Crippen LogP contribution >= 0.6 is 23.1 Å². The zero-order chi connectivity index (χ0) is 15.7. The molecule has 0 aromatic carbocycles. The van der Waals surface area contributed by atoms with Crippen LogP contribution in [0.2, 0.25) is 0 Å². The topological polar surface area (TPSA) is 90.7 Å². The Bertz CT molecular complexity index is 779. The lowest BCUT2D eigenvalue weighted by atomic mass is 10.4. The van der Waals surface area contributed by atoms with Crippen LogP contribution < -0.4 is 0 Å². The minimum absolute atomic E-state index is 0.0506. The molecule has 3 aromatic rings. The highest BCUT2D eigenvalue weighted by atomic mass is 32.2. The number of hydrogen-bond acceptors (Lipinski definition) is 9. The van der Waals surface area contributed by atoms with E-state index >= 15 is 0 Å². The van der Waals surface area contributed by atoms with Crippen molar-refractivity contribution in [2.45, 2.75) is 44.6 Å². The zero-order valence-electron chi connectivity index (χ0n) is 12.7. The van der Waals surface area contributed by atoms with Gasteiger partial charge in [-0.1, -0.05) is 23.8 Å². The van der Waals surface area contributed by atoms with E-state index in [1.807, 2.05) is 27.7 Å². The van der Waals surface area contributed by atoms with Crippen LogP contribution in [0.4, 0.5) is 0 Å². The lowest BCUT2D eigenvalue weighted by Gasteiger charge is -2.00. The second kappa shape index (κ2) is 6.17. The zero-order valence-corrected chi connectivity index (χ0v) is 14.3. The van der Waals surface area contributed by atoms with Crippen LogP contribution in [0, 0.1) is 13.8 Å². The molecule has 3 aromatic heterocycles. The molecule has 22 heavy (non-hydrogen) atoms. The molecule has 0 aliphatic rings. The number of thioether (sulfide) groups is 1. The molecule has 1 atom stereocenters. The van der Waals surface area contributed by atoms with Crippen LogP contribution in [-0.4, -0.2) is 25.3 Å². The van der Waals surface area contributed by atoms with E-state index in [1.54, 1.807) is 11.3 Å². The second-order valence-corrected chi connectivity index (χ2v) is 7.18. The monoisotopic (exact) mass is 337 g/mol. The van der Waals surface area contributed by atoms with Gasteiger partial charge in [0.25, 0.3) is 11.1 Å². The van der Waals surface area contributed by atoms with Crippen molar-refractivity contribution in [2.24, 2.45) is 0 Å². The van der Waals surface area contributed by atoms with Gasteiger partial charge in [-0.05, 0) is 20.8 Å². The van der Waals surface area contributed by atoms with Gasteiger partial charge in [0, 0.05) is 6.42 Å². The number of aryl methyl sites for hydroxylation is 3. The van der Waals surface area contributed by atoms with Gasteiger partial charge in [-0.15, -0.1) is 21.5 Å². The summed E-state index contributed by atoms with van der Waals surface area (Å²) in [4.78, 5) is 9.59. The smallest absolute Gasteiger partial charge is 0.277 e. The quantitative estimate of drug-likeness (QED) is 0.652. The van der Waals surface area contributed by atoms with Crippen molar-refractivity contribution in [3.05, 3.63) is 22.4 Å². The van der Waals surface area contributed by atoms with Gasteiger partial charge < -0.3 is 8.94 Å². The molecular weight excluding hydrogens is 322 g/mol. The molecule has 0 bridgehead atoms. The second-order valence-electron chi connectivity index (χ2n) is 4.68. The normalized spacial score (nSPS) is 12.7. The Morgan fingerprint density at radius 1 is 1.23 bits per heavy atom. The van der Waals surface area contributed by atoms with Crippen LogP contribution in [-0.2, 0) is 6.42 Å². The molecular formula is C13H15N5O2S2. The summed E-state index contributed by atoms with van der Waals surface area (Å²) in [6.45, 7) is 7.83. The summed E-state index contributed by atoms with van der Waals surface area (Å²) in [6, 6.07) is 0. The predicted octanol–water partition coefficient (Wildman–Crippen LogP) is 3.61. The van der Waals surface area contributed by atoms with E-state index in [1.165, 1.54) is 11.8 Å². The Balaban J connectivity index is 1.75. The molecule has 0 amide bonds. The third-order valence-electron chi connectivity index (χ3n) is 2.93. The number of aromatic nitrogens is 5. The maximum absolute atomic E-state index is 5.71. The van der Waals surface area contributed by atoms with Gasteiger partial charge >= 0.3 is 0 Å². The molecule has 1 unspecified atom stereocenters. The number of nitrogens with zero attached hydrogens (tertiary/aromatic N) is 5. The molecule has 0 saturated carbocycles. The summed E-state index contributed by atoms with van der Waals surface area (Å²) < 4.78 is 10.9. The van der Waals surface area contributed by atoms with E-state index in [-0.39, 0.29) is 5.25 Å². The first kappa shape index (κ1) is 15.2. The van der Waals surface area contributed by atoms with Crippen molar-refractivity contribution in [1.29, 1.82) is 0 Å². The average molecular weight is 337 g/mol. The van der Waals surface area contributed by atoms with Crippen molar-refractivity contribution in [3.8, 4) is 10.8 Å². The third kappa shape index (κ3) is 3.05. The van der Waals surface area contributed by atoms with Crippen LogP contribution in [0.25, 0.3) is 10.8 Å². The van der Waals surface area contributed by atoms with Gasteiger partial charge in [0.1, 0.15) is 4.88 Å². The van der Waals surface area contributed by atoms with Gasteiger partial charge in [0.2, 0.25) is 5.89 Å². The van der Waals surface area contributed by atoms with Crippen molar-refractivity contribution < 1.29 is 8.94 Å². The van der Waals surface area contributed by atoms with E-state index in [9.17, 15) is 0 Å². The van der Waals surface area contributed by atoms with Gasteiger partial charge in [0.05, 0.1) is 16.0 Å². The maximum atomic E-state index is 5.71. The molecule has 0 saturated heterocycles. The molecule has 3 rings (SSSR count). The number of hydrogen-bond donors (Lipinski definition) is 0. The van der Waals surface area contributed by atoms with Crippen LogP contribution in [0.15, 0.2) is 14.2 Å². The molecule has 0 spiro atoms. The third-order valence-corrected chi connectivity index (χ3v) is 4.91. The van der Waals surface area contributed by atoms with Gasteiger partial charge in [0.15, 0.2) is 5.82 Å². The molecule has 0 aliphatic carbocycles. The van der Waals surface area contributed by atoms with E-state index in [0.29, 0.717) is 22.8 Å². The minimum Gasteiger partial charge on any atom is -0.410 e. The summed E-state index contributed by atoms with van der Waals surface area (Å²) in [5, 5.41) is 13.5. The Labute approximate surface area is 135 Å². The summed E-state index contributed by atoms with van der Waals surface area (Å²) in [5.74, 6) is 1.76. The standard InChI is InChI=1S/C13H15N5O2S2/c1-5-9-15-11(20-18-9)7(3)21-13-17-16-12(19-13)10-6(2)14-8(4)22-10/h7H,5H2,1-4H3. The molecule has 7 nitrogen and oxygen atoms in total. The molecule has 9 heteroatoms. The summed E-state index contributed by atoms with van der Waals surface area (Å²) in [6.07, 6.45) is 0.746. The highest BCUT2D eigenvalue weighted by molar-refractivity contribution is 7.99. The number of thiazole rings is 1. The largest absolute Gasteiger partial charge is 0.410 e. The summed E-state index contributed by atoms with van der Waals surface area (Å²) in [5.41, 5.74) is 0.903. The van der Waals surface area contributed by atoms with Crippen molar-refractivity contribution in [3.63, 3.8) is 0 Å². The van der Waals surface area contributed by atoms with E-state index < -0.39 is 0 Å². The average Bonchev–Trinajstić information content (AvgIpc) is 3.18. The fourth-order valence-electron chi connectivity index (χ4n) is 1.86. The van der Waals surface area contributed by atoms with Crippen molar-refractivity contribution >= 4 is 23.1 Å². The Morgan fingerprint density at radius 2 is 2.05 bits per heavy atom. The molecule has 116 valence electrons. The molecule has 0 aliphatic heterocycles. The minimum atomic E-state index is -0.0506. The fourth-order valence-corrected chi connectivity index (χ4v) is 3.41. The van der Waals surface area contributed by atoms with E-state index in [0.717, 1.165) is 22.0 Å². The van der Waals surface area contributed by atoms with Crippen LogP contribution in [0.1, 0.15) is 41.5 Å². The van der Waals surface area contributed by atoms with Gasteiger partial charge in [-0.25, -0.2) is 4.98 Å². The van der Waals surface area contributed by atoms with E-state index in [4.69, 9.17) is 8.94 Å². The van der Waals surface area contributed by atoms with Crippen LogP contribution in [0.5, 0.6) is 0 Å². The first-order valence-electron chi connectivity index (χ1n) is 6.83. The first-order chi connectivity index (χ1) is 10.6.